The van der Waals surface area contributed by atoms with Gasteiger partial charge in [0, 0.05) is 35.6 Å². The van der Waals surface area contributed by atoms with Crippen molar-refractivity contribution in [1.82, 2.24) is 20.1 Å². The van der Waals surface area contributed by atoms with E-state index in [2.05, 4.69) is 31.4 Å². The summed E-state index contributed by atoms with van der Waals surface area (Å²) in [6, 6.07) is 21.7. The van der Waals surface area contributed by atoms with Gasteiger partial charge in [0.15, 0.2) is 10.9 Å². The number of nitrogens with one attached hydrogen (secondary N) is 1. The van der Waals surface area contributed by atoms with E-state index in [4.69, 9.17) is 0 Å². The van der Waals surface area contributed by atoms with Gasteiger partial charge >= 0.3 is 0 Å². The van der Waals surface area contributed by atoms with Crippen molar-refractivity contribution < 1.29 is 9.59 Å². The second-order valence-corrected chi connectivity index (χ2v) is 9.43. The molecule has 0 bridgehead atoms. The third-order valence-corrected chi connectivity index (χ3v) is 6.60. The molecule has 0 aliphatic rings. The van der Waals surface area contributed by atoms with Gasteiger partial charge in [0.25, 0.3) is 0 Å². The van der Waals surface area contributed by atoms with Crippen LogP contribution >= 0.6 is 27.7 Å². The van der Waals surface area contributed by atoms with E-state index in [1.165, 1.54) is 18.7 Å². The van der Waals surface area contributed by atoms with Crippen LogP contribution in [0.1, 0.15) is 29.5 Å². The molecular weight excluding hydrogens is 500 g/mol. The van der Waals surface area contributed by atoms with E-state index in [1.54, 1.807) is 0 Å². The summed E-state index contributed by atoms with van der Waals surface area (Å²) in [5, 5.41) is 14.4. The van der Waals surface area contributed by atoms with Gasteiger partial charge in [-0.15, -0.1) is 10.2 Å². The van der Waals surface area contributed by atoms with E-state index in [0.29, 0.717) is 23.7 Å². The number of amides is 1. The molecule has 168 valence electrons. The predicted molar refractivity (Wildman–Crippen MR) is 135 cm³/mol. The molecule has 0 spiro atoms. The Balaban J connectivity index is 1.52. The topological polar surface area (TPSA) is 76.9 Å². The molecule has 0 saturated carbocycles. The minimum atomic E-state index is -0.0483. The molecule has 1 amide bonds. The molecule has 0 fully saturated rings. The first-order chi connectivity index (χ1) is 16.0. The second kappa shape index (κ2) is 10.8. The number of thioether (sulfide) groups is 1. The summed E-state index contributed by atoms with van der Waals surface area (Å²) >= 11 is 4.85. The van der Waals surface area contributed by atoms with Crippen LogP contribution in [0.3, 0.4) is 0 Å². The minimum absolute atomic E-state index is 0.0447. The van der Waals surface area contributed by atoms with Crippen molar-refractivity contribution in [2.45, 2.75) is 24.9 Å². The predicted octanol–water partition coefficient (Wildman–Crippen LogP) is 5.23. The van der Waals surface area contributed by atoms with Crippen molar-refractivity contribution in [3.8, 4) is 5.69 Å². The smallest absolute Gasteiger partial charge is 0.216 e. The summed E-state index contributed by atoms with van der Waals surface area (Å²) in [5.41, 5.74) is 1.62. The Labute approximate surface area is 204 Å². The number of hydrogen-bond acceptors (Lipinski definition) is 5. The first-order valence-corrected chi connectivity index (χ1v) is 12.4. The zero-order valence-electron chi connectivity index (χ0n) is 18.1. The summed E-state index contributed by atoms with van der Waals surface area (Å²) in [5.74, 6) is 1.05. The number of carbonyl (C=O) groups excluding carboxylic acids is 2. The number of carbonyl (C=O) groups is 2. The molecule has 0 saturated heterocycles. The molecule has 0 aliphatic carbocycles. The van der Waals surface area contributed by atoms with Gasteiger partial charge in [0.2, 0.25) is 5.91 Å². The highest BCUT2D eigenvalue weighted by atomic mass is 79.9. The number of hydrogen-bond donors (Lipinski definition) is 1. The first-order valence-electron chi connectivity index (χ1n) is 10.6. The zero-order valence-corrected chi connectivity index (χ0v) is 20.5. The van der Waals surface area contributed by atoms with E-state index in [1.807, 2.05) is 71.3 Å². The maximum atomic E-state index is 12.9. The lowest BCUT2D eigenvalue weighted by Crippen LogP contribution is -2.21. The van der Waals surface area contributed by atoms with Gasteiger partial charge in [0.05, 0.1) is 5.75 Å². The van der Waals surface area contributed by atoms with Gasteiger partial charge in [-0.25, -0.2) is 0 Å². The highest BCUT2D eigenvalue weighted by Gasteiger charge is 2.17. The van der Waals surface area contributed by atoms with Crippen LogP contribution in [-0.4, -0.2) is 38.8 Å². The normalized spacial score (nSPS) is 11.0. The number of nitrogens with zero attached hydrogens (tertiary/aromatic N) is 3. The van der Waals surface area contributed by atoms with Gasteiger partial charge < -0.3 is 5.32 Å². The van der Waals surface area contributed by atoms with Crippen LogP contribution in [-0.2, 0) is 11.2 Å². The lowest BCUT2D eigenvalue weighted by Gasteiger charge is -2.11. The van der Waals surface area contributed by atoms with Crippen LogP contribution in [0.2, 0.25) is 0 Å². The number of ketones is 1. The fourth-order valence-electron chi connectivity index (χ4n) is 3.49. The van der Waals surface area contributed by atoms with Gasteiger partial charge in [-0.05, 0) is 47.5 Å². The molecule has 6 nitrogen and oxygen atoms in total. The fraction of sp³-hybridized carbons (Fsp3) is 0.200. The Morgan fingerprint density at radius 2 is 1.76 bits per heavy atom. The highest BCUT2D eigenvalue weighted by Crippen LogP contribution is 2.25. The molecule has 1 aromatic heterocycles. The van der Waals surface area contributed by atoms with Crippen molar-refractivity contribution in [3.05, 3.63) is 82.6 Å². The maximum Gasteiger partial charge on any atom is 0.216 e. The van der Waals surface area contributed by atoms with Crippen LogP contribution < -0.4 is 5.32 Å². The van der Waals surface area contributed by atoms with Crippen molar-refractivity contribution in [1.29, 1.82) is 0 Å². The Morgan fingerprint density at radius 3 is 2.52 bits per heavy atom. The van der Waals surface area contributed by atoms with Gasteiger partial charge in [-0.3, -0.25) is 14.2 Å². The van der Waals surface area contributed by atoms with E-state index >= 15 is 0 Å². The van der Waals surface area contributed by atoms with Gasteiger partial charge in [-0.1, -0.05) is 64.1 Å². The first kappa shape index (κ1) is 23.2. The molecule has 8 heteroatoms. The van der Waals surface area contributed by atoms with Crippen LogP contribution in [0, 0.1) is 0 Å². The molecule has 0 aliphatic heterocycles. The summed E-state index contributed by atoms with van der Waals surface area (Å²) in [6.07, 6.45) is 1.40. The maximum absolute atomic E-state index is 12.9. The molecule has 3 aromatic carbocycles. The summed E-state index contributed by atoms with van der Waals surface area (Å²) in [7, 11) is 0. The van der Waals surface area contributed by atoms with E-state index < -0.39 is 0 Å². The molecule has 0 radical (unpaired) electrons. The van der Waals surface area contributed by atoms with Crippen molar-refractivity contribution in [2.24, 2.45) is 0 Å². The molecule has 1 heterocycles. The number of aryl methyl sites for hydroxylation is 1. The van der Waals surface area contributed by atoms with E-state index in [9.17, 15) is 9.59 Å². The third-order valence-electron chi connectivity index (χ3n) is 5.14. The number of fused-ring (bicyclic) bond motifs is 1. The van der Waals surface area contributed by atoms with Crippen molar-refractivity contribution in [2.75, 3.05) is 12.3 Å². The Bertz CT molecular complexity index is 1290. The van der Waals surface area contributed by atoms with Crippen LogP contribution in [0.5, 0.6) is 0 Å². The van der Waals surface area contributed by atoms with E-state index in [-0.39, 0.29) is 17.4 Å². The third kappa shape index (κ3) is 5.89. The quantitative estimate of drug-likeness (QED) is 0.185. The molecule has 0 unspecified atom stereocenters. The molecule has 4 rings (SSSR count). The largest absolute Gasteiger partial charge is 0.356 e. The average molecular weight is 523 g/mol. The summed E-state index contributed by atoms with van der Waals surface area (Å²) in [4.78, 5) is 24.0. The summed E-state index contributed by atoms with van der Waals surface area (Å²) < 4.78 is 2.96. The average Bonchev–Trinajstić information content (AvgIpc) is 3.23. The number of rotatable bonds is 9. The molecule has 4 aromatic rings. The molecule has 1 N–H and O–H groups in total. The highest BCUT2D eigenvalue weighted by molar-refractivity contribution is 9.10. The fourth-order valence-corrected chi connectivity index (χ4v) is 4.62. The second-order valence-electron chi connectivity index (χ2n) is 7.57. The van der Waals surface area contributed by atoms with Crippen LogP contribution in [0.15, 0.2) is 76.4 Å². The minimum Gasteiger partial charge on any atom is -0.356 e. The number of benzene rings is 3. The lowest BCUT2D eigenvalue weighted by atomic mass is 10.1. The van der Waals surface area contributed by atoms with Gasteiger partial charge in [0.1, 0.15) is 5.82 Å². The lowest BCUT2D eigenvalue weighted by molar-refractivity contribution is -0.118. The van der Waals surface area contributed by atoms with E-state index in [0.717, 1.165) is 33.2 Å². The van der Waals surface area contributed by atoms with Crippen molar-refractivity contribution in [3.63, 3.8) is 0 Å². The zero-order chi connectivity index (χ0) is 23.2. The Kier molecular flexibility index (Phi) is 7.57. The standard InChI is InChI=1S/C25H23BrN4O2S/c1-17(31)27-14-4-7-24-28-29-25(30(24)22-12-10-21(26)11-13-22)33-16-23(32)20-9-8-18-5-2-3-6-19(18)15-20/h2-3,5-6,8-13,15H,4,7,14,16H2,1H3,(H,27,31). The number of Topliss-reactive ketones (excluding diaryl/α,β-unsaturated/α-hetero) is 1. The number of aromatic nitrogens is 3. The van der Waals surface area contributed by atoms with Gasteiger partial charge in [-0.2, -0.15) is 0 Å². The molecule has 33 heavy (non-hydrogen) atoms. The summed E-state index contributed by atoms with van der Waals surface area (Å²) in [6.45, 7) is 2.08. The molecular formula is C25H23BrN4O2S. The molecule has 0 atom stereocenters. The Morgan fingerprint density at radius 1 is 1.00 bits per heavy atom. The number of halogens is 1. The van der Waals surface area contributed by atoms with Crippen LogP contribution in [0.4, 0.5) is 0 Å². The SMILES string of the molecule is CC(=O)NCCCc1nnc(SCC(=O)c2ccc3ccccc3c2)n1-c1ccc(Br)cc1. The van der Waals surface area contributed by atoms with Crippen molar-refractivity contribution >= 4 is 50.2 Å². The monoisotopic (exact) mass is 522 g/mol. The Hall–Kier alpha value is -2.97. The van der Waals surface area contributed by atoms with Crippen LogP contribution in [0.25, 0.3) is 16.5 Å².